The number of benzene rings is 1. The van der Waals surface area contributed by atoms with Crippen LogP contribution in [-0.4, -0.2) is 11.0 Å². The van der Waals surface area contributed by atoms with Crippen LogP contribution in [0.25, 0.3) is 0 Å². The average molecular weight is 220 g/mol. The van der Waals surface area contributed by atoms with E-state index >= 15 is 0 Å². The Morgan fingerprint density at radius 2 is 2.20 bits per heavy atom. The zero-order valence-electron chi connectivity index (χ0n) is 8.92. The third-order valence-electron chi connectivity index (χ3n) is 2.99. The monoisotopic (exact) mass is 220 g/mol. The summed E-state index contributed by atoms with van der Waals surface area (Å²) in [6.45, 7) is 2.09. The van der Waals surface area contributed by atoms with Gasteiger partial charge in [0, 0.05) is 17.3 Å². The molecular weight excluding hydrogens is 204 g/mol. The first-order valence-electron chi connectivity index (χ1n) is 5.34. The predicted octanol–water partition coefficient (Wildman–Crippen LogP) is 2.59. The maximum absolute atomic E-state index is 5.71. The molecule has 2 rings (SSSR count). The summed E-state index contributed by atoms with van der Waals surface area (Å²) < 4.78 is 0. The van der Waals surface area contributed by atoms with Gasteiger partial charge in [0.2, 0.25) is 0 Å². The first-order valence-corrected chi connectivity index (χ1v) is 5.75. The second kappa shape index (κ2) is 4.19. The van der Waals surface area contributed by atoms with Gasteiger partial charge in [0.05, 0.1) is 0 Å². The molecule has 1 aromatic rings. The minimum atomic E-state index is 0.473. The minimum Gasteiger partial charge on any atom is -0.389 e. The minimum absolute atomic E-state index is 0.473. The molecule has 1 fully saturated rings. The Bertz CT molecular complexity index is 383. The van der Waals surface area contributed by atoms with Gasteiger partial charge in [-0.25, -0.2) is 0 Å². The Hall–Kier alpha value is -1.09. The lowest BCUT2D eigenvalue weighted by atomic mass is 9.92. The lowest BCUT2D eigenvalue weighted by Crippen LogP contribution is -2.28. The SMILES string of the molecule is Cc1cccc(C(N)=S)c1NC1CCC1. The predicted molar refractivity (Wildman–Crippen MR) is 68.3 cm³/mol. The van der Waals surface area contributed by atoms with Crippen molar-refractivity contribution in [3.63, 3.8) is 0 Å². The average Bonchev–Trinajstić information content (AvgIpc) is 2.12. The molecule has 0 amide bonds. The topological polar surface area (TPSA) is 38.0 Å². The van der Waals surface area contributed by atoms with E-state index in [2.05, 4.69) is 18.3 Å². The van der Waals surface area contributed by atoms with Crippen molar-refractivity contribution in [3.8, 4) is 0 Å². The molecule has 3 heteroatoms. The van der Waals surface area contributed by atoms with Gasteiger partial charge in [-0.1, -0.05) is 24.4 Å². The lowest BCUT2D eigenvalue weighted by Gasteiger charge is -2.29. The molecule has 0 aromatic heterocycles. The molecule has 1 aromatic carbocycles. The number of hydrogen-bond acceptors (Lipinski definition) is 2. The van der Waals surface area contributed by atoms with Crippen LogP contribution in [0.1, 0.15) is 30.4 Å². The van der Waals surface area contributed by atoms with Crippen LogP contribution in [-0.2, 0) is 0 Å². The highest BCUT2D eigenvalue weighted by molar-refractivity contribution is 7.80. The second-order valence-corrected chi connectivity index (χ2v) is 4.57. The maximum Gasteiger partial charge on any atom is 0.106 e. The van der Waals surface area contributed by atoms with Crippen LogP contribution in [0.5, 0.6) is 0 Å². The van der Waals surface area contributed by atoms with Gasteiger partial charge in [0.15, 0.2) is 0 Å². The molecule has 1 aliphatic carbocycles. The number of thiocarbonyl (C=S) groups is 1. The fourth-order valence-corrected chi connectivity index (χ4v) is 1.99. The molecule has 0 bridgehead atoms. The standard InChI is InChI=1S/C12H16N2S/c1-8-4-2-7-10(12(13)15)11(8)14-9-5-3-6-9/h2,4,7,9,14H,3,5-6H2,1H3,(H2,13,15). The highest BCUT2D eigenvalue weighted by Crippen LogP contribution is 2.27. The summed E-state index contributed by atoms with van der Waals surface area (Å²) >= 11 is 5.05. The van der Waals surface area contributed by atoms with E-state index in [1.807, 2.05) is 12.1 Å². The summed E-state index contributed by atoms with van der Waals surface area (Å²) in [5.74, 6) is 0. The van der Waals surface area contributed by atoms with Gasteiger partial charge in [-0.05, 0) is 37.8 Å². The first kappa shape index (κ1) is 10.4. The fourth-order valence-electron chi connectivity index (χ4n) is 1.82. The molecule has 1 saturated carbocycles. The van der Waals surface area contributed by atoms with Crippen molar-refractivity contribution in [3.05, 3.63) is 29.3 Å². The number of para-hydroxylation sites is 1. The van der Waals surface area contributed by atoms with Crippen molar-refractivity contribution in [2.24, 2.45) is 5.73 Å². The summed E-state index contributed by atoms with van der Waals surface area (Å²) in [6, 6.07) is 6.67. The zero-order chi connectivity index (χ0) is 10.8. The summed E-state index contributed by atoms with van der Waals surface area (Å²) in [4.78, 5) is 0.473. The number of rotatable bonds is 3. The van der Waals surface area contributed by atoms with E-state index in [-0.39, 0.29) is 0 Å². The molecule has 1 aliphatic rings. The van der Waals surface area contributed by atoms with E-state index in [0.717, 1.165) is 11.3 Å². The molecule has 15 heavy (non-hydrogen) atoms. The summed E-state index contributed by atoms with van der Waals surface area (Å²) in [5, 5.41) is 3.53. The van der Waals surface area contributed by atoms with Crippen molar-refractivity contribution in [1.82, 2.24) is 0 Å². The number of nitrogens with two attached hydrogens (primary N) is 1. The second-order valence-electron chi connectivity index (χ2n) is 4.13. The Kier molecular flexibility index (Phi) is 2.91. The van der Waals surface area contributed by atoms with Gasteiger partial charge in [0.1, 0.15) is 4.99 Å². The van der Waals surface area contributed by atoms with E-state index in [4.69, 9.17) is 18.0 Å². The molecule has 0 spiro atoms. The molecule has 0 heterocycles. The summed E-state index contributed by atoms with van der Waals surface area (Å²) in [7, 11) is 0. The van der Waals surface area contributed by atoms with Gasteiger partial charge >= 0.3 is 0 Å². The summed E-state index contributed by atoms with van der Waals surface area (Å²) in [6.07, 6.45) is 3.84. The van der Waals surface area contributed by atoms with E-state index in [0.29, 0.717) is 11.0 Å². The number of aryl methyl sites for hydroxylation is 1. The molecule has 0 aliphatic heterocycles. The molecule has 0 atom stereocenters. The van der Waals surface area contributed by atoms with Gasteiger partial charge in [-0.15, -0.1) is 0 Å². The largest absolute Gasteiger partial charge is 0.389 e. The van der Waals surface area contributed by atoms with Gasteiger partial charge in [0.25, 0.3) is 0 Å². The van der Waals surface area contributed by atoms with Gasteiger partial charge in [-0.3, -0.25) is 0 Å². The Morgan fingerprint density at radius 1 is 1.47 bits per heavy atom. The van der Waals surface area contributed by atoms with E-state index in [1.54, 1.807) is 0 Å². The molecular formula is C12H16N2S. The quantitative estimate of drug-likeness (QED) is 0.769. The number of nitrogens with one attached hydrogen (secondary N) is 1. The van der Waals surface area contributed by atoms with Crippen LogP contribution in [0, 0.1) is 6.92 Å². The number of anilines is 1. The lowest BCUT2D eigenvalue weighted by molar-refractivity contribution is 0.445. The normalized spacial score (nSPS) is 15.8. The molecule has 80 valence electrons. The summed E-state index contributed by atoms with van der Waals surface area (Å²) in [5.41, 5.74) is 9.01. The third kappa shape index (κ3) is 2.12. The third-order valence-corrected chi connectivity index (χ3v) is 3.21. The molecule has 2 nitrogen and oxygen atoms in total. The highest BCUT2D eigenvalue weighted by Gasteiger charge is 2.19. The molecule has 0 unspecified atom stereocenters. The van der Waals surface area contributed by atoms with Crippen molar-refractivity contribution < 1.29 is 0 Å². The Morgan fingerprint density at radius 3 is 2.73 bits per heavy atom. The maximum atomic E-state index is 5.71. The van der Waals surface area contributed by atoms with Crippen molar-refractivity contribution in [2.75, 3.05) is 5.32 Å². The van der Waals surface area contributed by atoms with E-state index in [9.17, 15) is 0 Å². The Labute approximate surface area is 95.9 Å². The Balaban J connectivity index is 2.29. The van der Waals surface area contributed by atoms with Crippen LogP contribution < -0.4 is 11.1 Å². The van der Waals surface area contributed by atoms with Crippen LogP contribution in [0.2, 0.25) is 0 Å². The van der Waals surface area contributed by atoms with Crippen molar-refractivity contribution in [2.45, 2.75) is 32.2 Å². The van der Waals surface area contributed by atoms with Gasteiger partial charge in [-0.2, -0.15) is 0 Å². The van der Waals surface area contributed by atoms with Crippen molar-refractivity contribution >= 4 is 22.9 Å². The molecule has 0 radical (unpaired) electrons. The number of hydrogen-bond donors (Lipinski definition) is 2. The van der Waals surface area contributed by atoms with Crippen molar-refractivity contribution in [1.29, 1.82) is 0 Å². The van der Waals surface area contributed by atoms with E-state index < -0.39 is 0 Å². The zero-order valence-corrected chi connectivity index (χ0v) is 9.73. The first-order chi connectivity index (χ1) is 7.18. The van der Waals surface area contributed by atoms with Crippen LogP contribution in [0.15, 0.2) is 18.2 Å². The smallest absolute Gasteiger partial charge is 0.106 e. The molecule has 0 saturated heterocycles. The highest BCUT2D eigenvalue weighted by atomic mass is 32.1. The van der Waals surface area contributed by atoms with Crippen LogP contribution in [0.4, 0.5) is 5.69 Å². The van der Waals surface area contributed by atoms with Crippen LogP contribution >= 0.6 is 12.2 Å². The molecule has 3 N–H and O–H groups in total. The van der Waals surface area contributed by atoms with Gasteiger partial charge < -0.3 is 11.1 Å². The van der Waals surface area contributed by atoms with Crippen LogP contribution in [0.3, 0.4) is 0 Å². The fraction of sp³-hybridized carbons (Fsp3) is 0.417. The van der Waals surface area contributed by atoms with E-state index in [1.165, 1.54) is 24.8 Å².